The first-order chi connectivity index (χ1) is 10.1. The Morgan fingerprint density at radius 1 is 1.62 bits per heavy atom. The van der Waals surface area contributed by atoms with E-state index in [9.17, 15) is 4.79 Å². The van der Waals surface area contributed by atoms with Crippen LogP contribution in [0.5, 0.6) is 0 Å². The number of nitrogens with one attached hydrogen (secondary N) is 1. The Balaban J connectivity index is 2.06. The van der Waals surface area contributed by atoms with E-state index in [2.05, 4.69) is 22.2 Å². The number of thioether (sulfide) groups is 1. The molecule has 1 aromatic rings. The minimum absolute atomic E-state index is 0.230. The summed E-state index contributed by atoms with van der Waals surface area (Å²) in [6, 6.07) is 1.89. The topological polar surface area (TPSA) is 80.9 Å². The number of nitrogens with zero attached hydrogens (tertiary/aromatic N) is 2. The van der Waals surface area contributed by atoms with Crippen LogP contribution in [0.1, 0.15) is 44.7 Å². The van der Waals surface area contributed by atoms with Crippen molar-refractivity contribution in [1.82, 2.24) is 15.3 Å². The molecule has 2 unspecified atom stereocenters. The monoisotopic (exact) mass is 308 g/mol. The van der Waals surface area contributed by atoms with Crippen LogP contribution in [0.2, 0.25) is 0 Å². The zero-order valence-corrected chi connectivity index (χ0v) is 13.6. The van der Waals surface area contributed by atoms with E-state index in [0.717, 1.165) is 49.5 Å². The molecule has 6 heteroatoms. The summed E-state index contributed by atoms with van der Waals surface area (Å²) in [5.74, 6) is -0.230. The van der Waals surface area contributed by atoms with Crippen LogP contribution in [0.4, 0.5) is 0 Å². The molecule has 5 nitrogen and oxygen atoms in total. The third-order valence-corrected chi connectivity index (χ3v) is 5.08. The van der Waals surface area contributed by atoms with E-state index >= 15 is 0 Å². The van der Waals surface area contributed by atoms with Crippen LogP contribution in [-0.4, -0.2) is 33.2 Å². The minimum atomic E-state index is -0.560. The Kier molecular flexibility index (Phi) is 5.58. The van der Waals surface area contributed by atoms with Gasteiger partial charge in [-0.1, -0.05) is 18.7 Å². The highest BCUT2D eigenvalue weighted by atomic mass is 32.2. The maximum absolute atomic E-state index is 12.0. The lowest BCUT2D eigenvalue weighted by atomic mass is 9.80. The molecule has 0 spiro atoms. The lowest BCUT2D eigenvalue weighted by Gasteiger charge is -2.38. The normalized spacial score (nSPS) is 25.7. The molecule has 1 saturated carbocycles. The summed E-state index contributed by atoms with van der Waals surface area (Å²) >= 11 is 1.66. The molecule has 3 N–H and O–H groups in total. The van der Waals surface area contributed by atoms with Gasteiger partial charge in [-0.15, -0.1) is 0 Å². The van der Waals surface area contributed by atoms with Gasteiger partial charge < -0.3 is 11.1 Å². The number of primary amides is 1. The quantitative estimate of drug-likeness (QED) is 0.786. The molecule has 116 valence electrons. The van der Waals surface area contributed by atoms with Crippen molar-refractivity contribution in [3.8, 4) is 0 Å². The molecule has 2 rings (SSSR count). The molecular weight excluding hydrogens is 284 g/mol. The molecule has 1 aliphatic carbocycles. The molecular formula is C15H24N4OS. The summed E-state index contributed by atoms with van der Waals surface area (Å²) in [5.41, 5.74) is 6.09. The summed E-state index contributed by atoms with van der Waals surface area (Å²) in [6.45, 7) is 4.88. The summed E-state index contributed by atoms with van der Waals surface area (Å²) in [7, 11) is 0. The van der Waals surface area contributed by atoms with E-state index in [-0.39, 0.29) is 5.91 Å². The van der Waals surface area contributed by atoms with Crippen LogP contribution in [-0.2, 0) is 4.79 Å². The van der Waals surface area contributed by atoms with E-state index in [4.69, 9.17) is 5.73 Å². The van der Waals surface area contributed by atoms with Crippen LogP contribution in [0.25, 0.3) is 0 Å². The number of aromatic nitrogens is 2. The second-order valence-corrected chi connectivity index (χ2v) is 6.96. The van der Waals surface area contributed by atoms with Crippen molar-refractivity contribution in [2.24, 2.45) is 5.73 Å². The first-order valence-electron chi connectivity index (χ1n) is 7.57. The van der Waals surface area contributed by atoms with Gasteiger partial charge in [0.25, 0.3) is 0 Å². The summed E-state index contributed by atoms with van der Waals surface area (Å²) in [6.07, 6.45) is 6.43. The smallest absolute Gasteiger partial charge is 0.237 e. The molecule has 1 fully saturated rings. The van der Waals surface area contributed by atoms with E-state index in [0.29, 0.717) is 5.25 Å². The van der Waals surface area contributed by atoms with Gasteiger partial charge in [-0.25, -0.2) is 9.97 Å². The van der Waals surface area contributed by atoms with Crippen molar-refractivity contribution in [2.45, 2.75) is 61.9 Å². The van der Waals surface area contributed by atoms with E-state index in [1.54, 1.807) is 18.0 Å². The Bertz CT molecular complexity index is 496. The average Bonchev–Trinajstić information content (AvgIpc) is 2.45. The average molecular weight is 308 g/mol. The number of nitrogens with two attached hydrogens (primary N) is 1. The first kappa shape index (κ1) is 16.2. The highest BCUT2D eigenvalue weighted by Crippen LogP contribution is 2.37. The lowest BCUT2D eigenvalue weighted by Crippen LogP contribution is -2.58. The number of carbonyl (C=O) groups excluding carboxylic acids is 1. The Morgan fingerprint density at radius 3 is 3.10 bits per heavy atom. The van der Waals surface area contributed by atoms with Gasteiger partial charge in [-0.05, 0) is 51.6 Å². The first-order valence-corrected chi connectivity index (χ1v) is 8.45. The van der Waals surface area contributed by atoms with Gasteiger partial charge in [0.05, 0.1) is 5.54 Å². The number of hydrogen-bond acceptors (Lipinski definition) is 5. The summed E-state index contributed by atoms with van der Waals surface area (Å²) < 4.78 is 0. The van der Waals surface area contributed by atoms with E-state index in [1.807, 2.05) is 13.0 Å². The van der Waals surface area contributed by atoms with Crippen molar-refractivity contribution >= 4 is 17.7 Å². The molecule has 0 bridgehead atoms. The van der Waals surface area contributed by atoms with Gasteiger partial charge in [0.2, 0.25) is 5.91 Å². The zero-order valence-electron chi connectivity index (χ0n) is 12.8. The van der Waals surface area contributed by atoms with Gasteiger partial charge in [0, 0.05) is 17.1 Å². The maximum Gasteiger partial charge on any atom is 0.237 e. The van der Waals surface area contributed by atoms with Crippen LogP contribution >= 0.6 is 11.8 Å². The van der Waals surface area contributed by atoms with Crippen molar-refractivity contribution in [2.75, 3.05) is 6.54 Å². The summed E-state index contributed by atoms with van der Waals surface area (Å²) in [5, 5.41) is 4.50. The van der Waals surface area contributed by atoms with Crippen molar-refractivity contribution in [3.05, 3.63) is 18.0 Å². The van der Waals surface area contributed by atoms with Gasteiger partial charge in [-0.2, -0.15) is 0 Å². The fourth-order valence-corrected chi connectivity index (χ4v) is 4.06. The summed E-state index contributed by atoms with van der Waals surface area (Å²) in [4.78, 5) is 20.7. The number of amides is 1. The Morgan fingerprint density at radius 2 is 2.43 bits per heavy atom. The predicted octanol–water partition coefficient (Wildman–Crippen LogP) is 2.04. The lowest BCUT2D eigenvalue weighted by molar-refractivity contribution is -0.125. The third-order valence-electron chi connectivity index (χ3n) is 3.94. The van der Waals surface area contributed by atoms with Crippen LogP contribution in [0.15, 0.2) is 17.4 Å². The highest BCUT2D eigenvalue weighted by Gasteiger charge is 2.41. The minimum Gasteiger partial charge on any atom is -0.368 e. The molecule has 0 aliphatic heterocycles. The predicted molar refractivity (Wildman–Crippen MR) is 85.1 cm³/mol. The maximum atomic E-state index is 12.0. The standard InChI is InChI=1S/C15H24N4OS/c1-3-8-18-15(13(16)20)7-4-5-12(10-15)21-14-17-9-6-11(2)19-14/h6,9,12,18H,3-5,7-8,10H2,1-2H3,(H2,16,20). The largest absolute Gasteiger partial charge is 0.368 e. The molecule has 0 radical (unpaired) electrons. The van der Waals surface area contributed by atoms with E-state index in [1.165, 1.54) is 0 Å². The second-order valence-electron chi connectivity index (χ2n) is 5.69. The molecule has 1 amide bonds. The van der Waals surface area contributed by atoms with Gasteiger partial charge in [0.15, 0.2) is 5.16 Å². The van der Waals surface area contributed by atoms with Crippen LogP contribution in [0, 0.1) is 6.92 Å². The number of aryl methyl sites for hydroxylation is 1. The van der Waals surface area contributed by atoms with Crippen molar-refractivity contribution in [3.63, 3.8) is 0 Å². The molecule has 0 aromatic carbocycles. The fraction of sp³-hybridized carbons (Fsp3) is 0.667. The SMILES string of the molecule is CCCNC1(C(N)=O)CCCC(Sc2nccc(C)n2)C1. The van der Waals surface area contributed by atoms with Gasteiger partial charge in [0.1, 0.15) is 0 Å². The molecule has 0 saturated heterocycles. The Hall–Kier alpha value is -1.14. The molecule has 1 aliphatic rings. The van der Waals surface area contributed by atoms with Crippen molar-refractivity contribution in [1.29, 1.82) is 0 Å². The van der Waals surface area contributed by atoms with Crippen molar-refractivity contribution < 1.29 is 4.79 Å². The highest BCUT2D eigenvalue weighted by molar-refractivity contribution is 7.99. The van der Waals surface area contributed by atoms with Crippen LogP contribution in [0.3, 0.4) is 0 Å². The Labute approximate surface area is 130 Å². The molecule has 2 atom stereocenters. The van der Waals surface area contributed by atoms with E-state index < -0.39 is 5.54 Å². The molecule has 1 heterocycles. The second kappa shape index (κ2) is 7.22. The zero-order chi connectivity index (χ0) is 15.3. The van der Waals surface area contributed by atoms with Gasteiger partial charge >= 0.3 is 0 Å². The third kappa shape index (κ3) is 4.17. The molecule has 21 heavy (non-hydrogen) atoms. The number of rotatable bonds is 6. The van der Waals surface area contributed by atoms with Gasteiger partial charge in [-0.3, -0.25) is 4.79 Å². The fourth-order valence-electron chi connectivity index (χ4n) is 2.79. The molecule has 1 aromatic heterocycles. The number of carbonyl (C=O) groups is 1. The van der Waals surface area contributed by atoms with Crippen LogP contribution < -0.4 is 11.1 Å². The number of hydrogen-bond donors (Lipinski definition) is 2.